The average molecular weight is 391 g/mol. The van der Waals surface area contributed by atoms with E-state index in [0.717, 1.165) is 4.31 Å². The summed E-state index contributed by atoms with van der Waals surface area (Å²) < 4.78 is 32.7. The highest BCUT2D eigenvalue weighted by atomic mass is 32.2. The van der Waals surface area contributed by atoms with Crippen LogP contribution in [0.4, 0.5) is 5.69 Å². The minimum absolute atomic E-state index is 0.352. The maximum Gasteiger partial charge on any atom is 0.332 e. The second kappa shape index (κ2) is 8.65. The number of methoxy groups -OCH3 is 1. The number of nitrogens with one attached hydrogen (secondary N) is 1. The molecule has 0 unspecified atom stereocenters. The Morgan fingerprint density at radius 2 is 1.74 bits per heavy atom. The van der Waals surface area contributed by atoms with Gasteiger partial charge in [-0.2, -0.15) is 12.7 Å². The van der Waals surface area contributed by atoms with Crippen LogP contribution in [0.5, 0.6) is 5.75 Å². The molecule has 144 valence electrons. The molecule has 0 aliphatic heterocycles. The maximum absolute atomic E-state index is 12.0. The highest BCUT2D eigenvalue weighted by Crippen LogP contribution is 2.19. The van der Waals surface area contributed by atoms with Crippen molar-refractivity contribution in [3.8, 4) is 5.75 Å². The van der Waals surface area contributed by atoms with Gasteiger partial charge in [0, 0.05) is 32.1 Å². The minimum Gasteiger partial charge on any atom is -0.497 e. The van der Waals surface area contributed by atoms with Crippen LogP contribution >= 0.6 is 0 Å². The van der Waals surface area contributed by atoms with Gasteiger partial charge in [-0.25, -0.2) is 4.79 Å². The monoisotopic (exact) mass is 391 g/mol. The molecule has 8 nitrogen and oxygen atoms in total. The number of anilines is 1. The molecular formula is C18H21N3O5S. The Kier molecular flexibility index (Phi) is 6.54. The van der Waals surface area contributed by atoms with Crippen molar-refractivity contribution in [2.45, 2.75) is 6.92 Å². The Morgan fingerprint density at radius 1 is 1.07 bits per heavy atom. The van der Waals surface area contributed by atoms with Crippen molar-refractivity contribution in [3.63, 3.8) is 0 Å². The van der Waals surface area contributed by atoms with Gasteiger partial charge in [0.15, 0.2) is 0 Å². The summed E-state index contributed by atoms with van der Waals surface area (Å²) in [6.07, 6.45) is 0. The molecule has 0 heterocycles. The number of nitrogens with zero attached hydrogens (tertiary/aromatic N) is 2. The lowest BCUT2D eigenvalue weighted by Crippen LogP contribution is -2.29. The van der Waals surface area contributed by atoms with Crippen LogP contribution in [0, 0.1) is 0 Å². The summed E-state index contributed by atoms with van der Waals surface area (Å²) >= 11 is 0. The van der Waals surface area contributed by atoms with Gasteiger partial charge in [0.25, 0.3) is 0 Å². The number of hydrogen-bond acceptors (Lipinski definition) is 6. The normalized spacial score (nSPS) is 12.0. The third-order valence-corrected chi connectivity index (χ3v) is 4.95. The number of rotatable bonds is 7. The van der Waals surface area contributed by atoms with E-state index in [1.807, 2.05) is 0 Å². The standard InChI is InChI=1S/C18H21N3O5S/c1-13(22)26-19-18(14-8-10-17(25-4)11-9-14)15-6-5-7-16(12-15)20-27(23,24)21(2)3/h5-12,20H,1-4H3. The Bertz CT molecular complexity index is 938. The minimum atomic E-state index is -3.65. The largest absolute Gasteiger partial charge is 0.497 e. The fourth-order valence-corrected chi connectivity index (χ4v) is 2.71. The third-order valence-electron chi connectivity index (χ3n) is 3.49. The lowest BCUT2D eigenvalue weighted by atomic mass is 10.0. The molecule has 0 bridgehead atoms. The molecule has 9 heteroatoms. The van der Waals surface area contributed by atoms with Gasteiger partial charge in [-0.1, -0.05) is 17.3 Å². The van der Waals surface area contributed by atoms with E-state index in [-0.39, 0.29) is 0 Å². The molecular weight excluding hydrogens is 370 g/mol. The molecule has 0 atom stereocenters. The molecule has 0 amide bonds. The van der Waals surface area contributed by atoms with E-state index in [1.165, 1.54) is 21.0 Å². The van der Waals surface area contributed by atoms with Gasteiger partial charge in [-0.05, 0) is 36.4 Å². The number of benzene rings is 2. The molecule has 0 saturated heterocycles. The summed E-state index contributed by atoms with van der Waals surface area (Å²) in [7, 11) is 0.763. The lowest BCUT2D eigenvalue weighted by molar-refractivity contribution is -0.140. The highest BCUT2D eigenvalue weighted by molar-refractivity contribution is 7.90. The zero-order chi connectivity index (χ0) is 20.0. The van der Waals surface area contributed by atoms with Crippen LogP contribution in [0.1, 0.15) is 18.1 Å². The first-order valence-electron chi connectivity index (χ1n) is 7.93. The summed E-state index contributed by atoms with van der Waals surface area (Å²) in [5.74, 6) is 0.101. The fraction of sp³-hybridized carbons (Fsp3) is 0.222. The fourth-order valence-electron chi connectivity index (χ4n) is 2.10. The zero-order valence-electron chi connectivity index (χ0n) is 15.5. The van der Waals surface area contributed by atoms with Gasteiger partial charge in [0.1, 0.15) is 11.5 Å². The summed E-state index contributed by atoms with van der Waals surface area (Å²) in [5.41, 5.74) is 1.97. The topological polar surface area (TPSA) is 97.3 Å². The molecule has 0 radical (unpaired) electrons. The van der Waals surface area contributed by atoms with Gasteiger partial charge < -0.3 is 9.57 Å². The Morgan fingerprint density at radius 3 is 2.30 bits per heavy atom. The first-order chi connectivity index (χ1) is 12.7. The lowest BCUT2D eigenvalue weighted by Gasteiger charge is -2.14. The van der Waals surface area contributed by atoms with Crippen molar-refractivity contribution in [2.75, 3.05) is 25.9 Å². The van der Waals surface area contributed by atoms with E-state index in [9.17, 15) is 13.2 Å². The molecule has 2 aromatic carbocycles. The molecule has 2 aromatic rings. The Labute approximate surface area is 158 Å². The van der Waals surface area contributed by atoms with E-state index in [2.05, 4.69) is 9.88 Å². The molecule has 0 aliphatic rings. The van der Waals surface area contributed by atoms with E-state index in [0.29, 0.717) is 28.3 Å². The summed E-state index contributed by atoms with van der Waals surface area (Å²) in [4.78, 5) is 16.0. The van der Waals surface area contributed by atoms with Crippen LogP contribution in [0.25, 0.3) is 0 Å². The molecule has 27 heavy (non-hydrogen) atoms. The summed E-state index contributed by atoms with van der Waals surface area (Å²) in [6.45, 7) is 1.25. The number of oxime groups is 1. The summed E-state index contributed by atoms with van der Waals surface area (Å²) in [5, 5.41) is 3.93. The molecule has 0 saturated carbocycles. The van der Waals surface area contributed by atoms with E-state index < -0.39 is 16.2 Å². The predicted molar refractivity (Wildman–Crippen MR) is 103 cm³/mol. The van der Waals surface area contributed by atoms with E-state index in [4.69, 9.17) is 9.57 Å². The quantitative estimate of drug-likeness (QED) is 0.443. The molecule has 0 fully saturated rings. The van der Waals surface area contributed by atoms with Crippen molar-refractivity contribution >= 4 is 27.6 Å². The van der Waals surface area contributed by atoms with Crippen LogP contribution in [-0.2, 0) is 19.8 Å². The highest BCUT2D eigenvalue weighted by Gasteiger charge is 2.15. The molecule has 0 spiro atoms. The van der Waals surface area contributed by atoms with Crippen LogP contribution in [-0.4, -0.2) is 45.6 Å². The predicted octanol–water partition coefficient (Wildman–Crippen LogP) is 2.23. The average Bonchev–Trinajstić information content (AvgIpc) is 2.62. The molecule has 1 N–H and O–H groups in total. The second-order valence-electron chi connectivity index (χ2n) is 5.72. The van der Waals surface area contributed by atoms with Crippen molar-refractivity contribution in [3.05, 3.63) is 59.7 Å². The number of carbonyl (C=O) groups is 1. The van der Waals surface area contributed by atoms with Gasteiger partial charge in [0.05, 0.1) is 12.8 Å². The SMILES string of the molecule is COc1ccc(C(=NOC(C)=O)c2cccc(NS(=O)(=O)N(C)C)c2)cc1. The van der Waals surface area contributed by atoms with Gasteiger partial charge in [0.2, 0.25) is 0 Å². The molecule has 2 rings (SSSR count). The van der Waals surface area contributed by atoms with Crippen molar-refractivity contribution in [2.24, 2.45) is 5.16 Å². The summed E-state index contributed by atoms with van der Waals surface area (Å²) in [6, 6.07) is 13.6. The zero-order valence-corrected chi connectivity index (χ0v) is 16.3. The Hall–Kier alpha value is -2.91. The van der Waals surface area contributed by atoms with E-state index in [1.54, 1.807) is 55.6 Å². The van der Waals surface area contributed by atoms with Gasteiger partial charge >= 0.3 is 16.2 Å². The maximum atomic E-state index is 12.0. The van der Waals surface area contributed by atoms with Crippen LogP contribution in [0.2, 0.25) is 0 Å². The molecule has 0 aliphatic carbocycles. The number of ether oxygens (including phenoxy) is 1. The van der Waals surface area contributed by atoms with E-state index >= 15 is 0 Å². The number of hydrogen-bond donors (Lipinski definition) is 1. The first kappa shape index (κ1) is 20.4. The van der Waals surface area contributed by atoms with Crippen LogP contribution in [0.15, 0.2) is 53.7 Å². The number of carbonyl (C=O) groups excluding carboxylic acids is 1. The van der Waals surface area contributed by atoms with Crippen LogP contribution < -0.4 is 9.46 Å². The van der Waals surface area contributed by atoms with Crippen molar-refractivity contribution < 1.29 is 22.8 Å². The Balaban J connectivity index is 2.45. The smallest absolute Gasteiger partial charge is 0.332 e. The van der Waals surface area contributed by atoms with Crippen molar-refractivity contribution in [1.82, 2.24) is 4.31 Å². The van der Waals surface area contributed by atoms with Gasteiger partial charge in [-0.3, -0.25) is 4.72 Å². The first-order valence-corrected chi connectivity index (χ1v) is 9.37. The third kappa shape index (κ3) is 5.53. The second-order valence-corrected chi connectivity index (χ2v) is 7.61. The molecule has 0 aromatic heterocycles. The van der Waals surface area contributed by atoms with Crippen molar-refractivity contribution in [1.29, 1.82) is 0 Å². The van der Waals surface area contributed by atoms with Gasteiger partial charge in [-0.15, -0.1) is 0 Å². The van der Waals surface area contributed by atoms with Crippen LogP contribution in [0.3, 0.4) is 0 Å².